The van der Waals surface area contributed by atoms with Crippen LogP contribution in [0.3, 0.4) is 0 Å². The van der Waals surface area contributed by atoms with E-state index in [-0.39, 0.29) is 36.8 Å². The minimum atomic E-state index is -0.359. The van der Waals surface area contributed by atoms with E-state index in [2.05, 4.69) is 0 Å². The average molecular weight is 405 g/mol. The van der Waals surface area contributed by atoms with Crippen LogP contribution in [0.5, 0.6) is 5.75 Å². The minimum Gasteiger partial charge on any atom is -0.491 e. The summed E-state index contributed by atoms with van der Waals surface area (Å²) < 4.78 is 19.3. The van der Waals surface area contributed by atoms with E-state index in [1.54, 1.807) is 33.3 Å². The van der Waals surface area contributed by atoms with Crippen molar-refractivity contribution in [3.05, 3.63) is 52.0 Å². The summed E-state index contributed by atoms with van der Waals surface area (Å²) in [5, 5.41) is 2.02. The van der Waals surface area contributed by atoms with Crippen molar-refractivity contribution < 1.29 is 18.7 Å². The van der Waals surface area contributed by atoms with Crippen molar-refractivity contribution >= 4 is 23.2 Å². The van der Waals surface area contributed by atoms with E-state index in [1.165, 1.54) is 23.9 Å². The van der Waals surface area contributed by atoms with Gasteiger partial charge in [0.25, 0.3) is 0 Å². The molecule has 2 amide bonds. The van der Waals surface area contributed by atoms with Crippen LogP contribution in [-0.4, -0.2) is 47.9 Å². The number of carbonyl (C=O) groups excluding carboxylic acids is 2. The molecule has 7 heteroatoms. The molecule has 1 atom stereocenters. The molecule has 0 saturated carbocycles. The zero-order valence-electron chi connectivity index (χ0n) is 16.2. The number of carbonyl (C=O) groups is 2. The second kappa shape index (κ2) is 9.19. The second-order valence-electron chi connectivity index (χ2n) is 6.86. The highest BCUT2D eigenvalue weighted by Gasteiger charge is 2.33. The summed E-state index contributed by atoms with van der Waals surface area (Å²) in [6, 6.07) is 7.77. The van der Waals surface area contributed by atoms with Crippen molar-refractivity contribution in [1.82, 2.24) is 9.80 Å². The normalized spacial score (nSPS) is 15.8. The molecule has 0 fully saturated rings. The minimum absolute atomic E-state index is 0.0686. The lowest BCUT2D eigenvalue weighted by molar-refractivity contribution is -0.141. The van der Waals surface area contributed by atoms with Crippen LogP contribution in [0.15, 0.2) is 35.7 Å². The number of ether oxygens (including phenoxy) is 1. The van der Waals surface area contributed by atoms with Gasteiger partial charge in [-0.15, -0.1) is 11.3 Å². The van der Waals surface area contributed by atoms with Gasteiger partial charge in [-0.25, -0.2) is 4.39 Å². The van der Waals surface area contributed by atoms with E-state index in [9.17, 15) is 14.0 Å². The Morgan fingerprint density at radius 1 is 1.36 bits per heavy atom. The van der Waals surface area contributed by atoms with Gasteiger partial charge in [0.2, 0.25) is 11.8 Å². The third-order valence-electron chi connectivity index (χ3n) is 4.88. The summed E-state index contributed by atoms with van der Waals surface area (Å²) in [5.41, 5.74) is 1.07. The lowest BCUT2D eigenvalue weighted by Crippen LogP contribution is -2.47. The van der Waals surface area contributed by atoms with Crippen LogP contribution in [0.2, 0.25) is 0 Å². The van der Waals surface area contributed by atoms with Crippen molar-refractivity contribution in [2.45, 2.75) is 32.7 Å². The quantitative estimate of drug-likeness (QED) is 0.708. The highest BCUT2D eigenvalue weighted by molar-refractivity contribution is 7.10. The third kappa shape index (κ3) is 4.70. The number of halogens is 1. The Kier molecular flexibility index (Phi) is 6.67. The molecule has 0 radical (unpaired) electrons. The largest absolute Gasteiger partial charge is 0.491 e. The van der Waals surface area contributed by atoms with E-state index in [1.807, 2.05) is 18.4 Å². The first-order valence-corrected chi connectivity index (χ1v) is 10.4. The lowest BCUT2D eigenvalue weighted by Gasteiger charge is -2.37. The monoisotopic (exact) mass is 404 g/mol. The molecular formula is C21H25FN2O3S. The van der Waals surface area contributed by atoms with Gasteiger partial charge in [0.15, 0.2) is 0 Å². The van der Waals surface area contributed by atoms with Crippen LogP contribution < -0.4 is 4.74 Å². The van der Waals surface area contributed by atoms with Crippen molar-refractivity contribution in [3.63, 3.8) is 0 Å². The van der Waals surface area contributed by atoms with Crippen molar-refractivity contribution in [2.75, 3.05) is 26.2 Å². The number of nitrogens with zero attached hydrogens (tertiary/aromatic N) is 2. The zero-order valence-corrected chi connectivity index (χ0v) is 17.0. The topological polar surface area (TPSA) is 49.9 Å². The summed E-state index contributed by atoms with van der Waals surface area (Å²) in [6.45, 7) is 4.92. The summed E-state index contributed by atoms with van der Waals surface area (Å²) >= 11 is 1.68. The molecule has 1 aromatic heterocycles. The maximum Gasteiger partial charge on any atom is 0.242 e. The molecule has 0 saturated heterocycles. The molecule has 0 N–H and O–H groups in total. The fraction of sp³-hybridized carbons (Fsp3) is 0.429. The summed E-state index contributed by atoms with van der Waals surface area (Å²) in [5.74, 6) is -0.114. The lowest BCUT2D eigenvalue weighted by atomic mass is 10.0. The summed E-state index contributed by atoms with van der Waals surface area (Å²) in [4.78, 5) is 29.5. The molecule has 0 unspecified atom stereocenters. The highest BCUT2D eigenvalue weighted by Crippen LogP contribution is 2.34. The van der Waals surface area contributed by atoms with Crippen LogP contribution in [0.1, 0.15) is 36.8 Å². The Bertz CT molecular complexity index is 839. The van der Waals surface area contributed by atoms with Crippen LogP contribution in [0.4, 0.5) is 4.39 Å². The molecule has 150 valence electrons. The summed E-state index contributed by atoms with van der Waals surface area (Å²) in [7, 11) is 0. The molecule has 2 aromatic rings. The van der Waals surface area contributed by atoms with Gasteiger partial charge >= 0.3 is 0 Å². The van der Waals surface area contributed by atoms with Crippen LogP contribution >= 0.6 is 11.3 Å². The van der Waals surface area contributed by atoms with Gasteiger partial charge in [0.05, 0.1) is 12.6 Å². The molecule has 5 nitrogen and oxygen atoms in total. The van der Waals surface area contributed by atoms with E-state index in [0.717, 1.165) is 18.4 Å². The molecule has 1 aromatic carbocycles. The molecule has 1 aliphatic heterocycles. The molecule has 0 aliphatic carbocycles. The molecule has 3 rings (SSSR count). The number of fused-ring (bicyclic) bond motifs is 1. The first kappa shape index (κ1) is 20.3. The van der Waals surface area contributed by atoms with Crippen LogP contribution in [0, 0.1) is 5.82 Å². The Labute approximate surface area is 168 Å². The molecule has 0 bridgehead atoms. The number of benzene rings is 1. The van der Waals surface area contributed by atoms with Gasteiger partial charge in [-0.05, 0) is 42.0 Å². The first-order chi connectivity index (χ1) is 13.5. The van der Waals surface area contributed by atoms with E-state index < -0.39 is 0 Å². The summed E-state index contributed by atoms with van der Waals surface area (Å²) in [6.07, 6.45) is 1.59. The number of hydrogen-bond donors (Lipinski definition) is 0. The first-order valence-electron chi connectivity index (χ1n) is 9.49. The van der Waals surface area contributed by atoms with Gasteiger partial charge in [-0.2, -0.15) is 0 Å². The SMILES string of the molecule is CCCN(CC(=O)N1CCc2sccc2[C@@H]1COc1cccc(F)c1)C(C)=O. The number of rotatable bonds is 7. The highest BCUT2D eigenvalue weighted by atomic mass is 32.1. The average Bonchev–Trinajstić information content (AvgIpc) is 3.14. The fourth-order valence-electron chi connectivity index (χ4n) is 3.48. The van der Waals surface area contributed by atoms with Gasteiger partial charge in [0.1, 0.15) is 18.2 Å². The van der Waals surface area contributed by atoms with Gasteiger partial charge in [-0.1, -0.05) is 13.0 Å². The van der Waals surface area contributed by atoms with E-state index in [0.29, 0.717) is 18.8 Å². The molecule has 28 heavy (non-hydrogen) atoms. The van der Waals surface area contributed by atoms with Gasteiger partial charge in [0, 0.05) is 31.0 Å². The van der Waals surface area contributed by atoms with Gasteiger partial charge in [-0.3, -0.25) is 9.59 Å². The number of amides is 2. The number of thiophene rings is 1. The number of hydrogen-bond acceptors (Lipinski definition) is 4. The van der Waals surface area contributed by atoms with Crippen molar-refractivity contribution in [1.29, 1.82) is 0 Å². The van der Waals surface area contributed by atoms with E-state index >= 15 is 0 Å². The molecule has 1 aliphatic rings. The van der Waals surface area contributed by atoms with E-state index in [4.69, 9.17) is 4.74 Å². The third-order valence-corrected chi connectivity index (χ3v) is 5.88. The second-order valence-corrected chi connectivity index (χ2v) is 7.86. The van der Waals surface area contributed by atoms with Crippen molar-refractivity contribution in [3.8, 4) is 5.75 Å². The van der Waals surface area contributed by atoms with Gasteiger partial charge < -0.3 is 14.5 Å². The Morgan fingerprint density at radius 3 is 2.89 bits per heavy atom. The molecular weight excluding hydrogens is 379 g/mol. The Balaban J connectivity index is 1.76. The molecule has 0 spiro atoms. The Morgan fingerprint density at radius 2 is 2.18 bits per heavy atom. The maximum atomic E-state index is 13.4. The standard InChI is InChI=1S/C21H25FN2O3S/c1-3-9-23(15(2)25)13-21(26)24-10-7-20-18(8-11-28-20)19(24)14-27-17-6-4-5-16(22)12-17/h4-6,8,11-12,19H,3,7,9-10,13-14H2,1-2H3/t19-/m0/s1. The predicted molar refractivity (Wildman–Crippen MR) is 107 cm³/mol. The Hall–Kier alpha value is -2.41. The maximum absolute atomic E-state index is 13.4. The van der Waals surface area contributed by atoms with Crippen molar-refractivity contribution in [2.24, 2.45) is 0 Å². The smallest absolute Gasteiger partial charge is 0.242 e. The zero-order chi connectivity index (χ0) is 20.1. The molecule has 2 heterocycles. The van der Waals surface area contributed by atoms with Crippen LogP contribution in [-0.2, 0) is 16.0 Å². The predicted octanol–water partition coefficient (Wildman–Crippen LogP) is 3.65. The fourth-order valence-corrected chi connectivity index (χ4v) is 4.41. The van der Waals surface area contributed by atoms with Crippen LogP contribution in [0.25, 0.3) is 0 Å².